The monoisotopic (exact) mass is 291 g/mol. The summed E-state index contributed by atoms with van der Waals surface area (Å²) in [5, 5.41) is 13.3. The summed E-state index contributed by atoms with van der Waals surface area (Å²) in [4.78, 5) is 16.0. The number of nitrogens with zero attached hydrogens (tertiary/aromatic N) is 1. The Bertz CT molecular complexity index is 487. The van der Waals surface area contributed by atoms with Crippen molar-refractivity contribution < 1.29 is 9.90 Å². The fourth-order valence-corrected chi connectivity index (χ4v) is 2.60. The fraction of sp³-hybridized carbons (Fsp3) is 0.625. The van der Waals surface area contributed by atoms with Crippen LogP contribution in [0.25, 0.3) is 0 Å². The van der Waals surface area contributed by atoms with Crippen molar-refractivity contribution in [3.8, 4) is 0 Å². The lowest BCUT2D eigenvalue weighted by Crippen LogP contribution is -2.46. The van der Waals surface area contributed by atoms with Gasteiger partial charge in [-0.25, -0.2) is 0 Å². The van der Waals surface area contributed by atoms with E-state index in [4.69, 9.17) is 5.73 Å². The van der Waals surface area contributed by atoms with Crippen molar-refractivity contribution in [3.63, 3.8) is 0 Å². The maximum atomic E-state index is 11.9. The van der Waals surface area contributed by atoms with E-state index in [9.17, 15) is 9.90 Å². The third-order valence-corrected chi connectivity index (χ3v) is 4.34. The number of aromatic nitrogens is 1. The smallest absolute Gasteiger partial charge is 0.226 e. The Labute approximate surface area is 126 Å². The molecule has 4 N–H and O–H groups in total. The van der Waals surface area contributed by atoms with E-state index < -0.39 is 5.60 Å². The molecule has 1 heterocycles. The van der Waals surface area contributed by atoms with Crippen LogP contribution in [-0.4, -0.2) is 28.1 Å². The summed E-state index contributed by atoms with van der Waals surface area (Å²) in [7, 11) is 0. The maximum absolute atomic E-state index is 11.9. The van der Waals surface area contributed by atoms with Crippen LogP contribution in [0, 0.1) is 5.41 Å². The third kappa shape index (κ3) is 4.70. The second-order valence-corrected chi connectivity index (χ2v) is 6.92. The molecule has 1 amide bonds. The molecule has 1 saturated carbocycles. The van der Waals surface area contributed by atoms with Crippen molar-refractivity contribution in [1.29, 1.82) is 0 Å². The van der Waals surface area contributed by atoms with Gasteiger partial charge in [0, 0.05) is 12.2 Å². The van der Waals surface area contributed by atoms with Crippen LogP contribution in [0.4, 0.5) is 5.69 Å². The van der Waals surface area contributed by atoms with E-state index in [0.717, 1.165) is 25.7 Å². The van der Waals surface area contributed by atoms with E-state index >= 15 is 0 Å². The number of hydrogen-bond acceptors (Lipinski definition) is 4. The van der Waals surface area contributed by atoms with E-state index in [1.54, 1.807) is 18.3 Å². The number of rotatable bonds is 4. The molecule has 1 fully saturated rings. The number of carbonyl (C=O) groups excluding carboxylic acids is 1. The van der Waals surface area contributed by atoms with E-state index in [1.807, 2.05) is 0 Å². The fourth-order valence-electron chi connectivity index (χ4n) is 2.60. The lowest BCUT2D eigenvalue weighted by molar-refractivity contribution is -0.122. The van der Waals surface area contributed by atoms with Crippen LogP contribution in [0.3, 0.4) is 0 Å². The van der Waals surface area contributed by atoms with Crippen molar-refractivity contribution in [2.75, 3.05) is 12.3 Å². The quantitative estimate of drug-likeness (QED) is 0.787. The number of pyridine rings is 1. The van der Waals surface area contributed by atoms with E-state index in [-0.39, 0.29) is 12.3 Å². The standard InChI is InChI=1S/C16H25N3O2/c1-15(2)5-7-16(21,8-6-15)11-19-14(20)9-13-4-3-12(17)10-18-13/h3-4,10,21H,5-9,11,17H2,1-2H3,(H,19,20). The Morgan fingerprint density at radius 2 is 2.00 bits per heavy atom. The van der Waals surface area contributed by atoms with Gasteiger partial charge in [0.05, 0.1) is 23.9 Å². The lowest BCUT2D eigenvalue weighted by Gasteiger charge is -2.40. The summed E-state index contributed by atoms with van der Waals surface area (Å²) in [6, 6.07) is 3.47. The number of aliphatic hydroxyl groups is 1. The van der Waals surface area contributed by atoms with Gasteiger partial charge in [-0.05, 0) is 43.2 Å². The SMILES string of the molecule is CC1(C)CCC(O)(CNC(=O)Cc2ccc(N)cn2)CC1. The zero-order valence-corrected chi connectivity index (χ0v) is 12.9. The van der Waals surface area contributed by atoms with Crippen LogP contribution >= 0.6 is 0 Å². The Kier molecular flexibility index (Phi) is 4.52. The van der Waals surface area contributed by atoms with Gasteiger partial charge in [0.2, 0.25) is 5.91 Å². The highest BCUT2D eigenvalue weighted by atomic mass is 16.3. The van der Waals surface area contributed by atoms with Crippen molar-refractivity contribution in [2.45, 2.75) is 51.6 Å². The molecule has 0 aliphatic heterocycles. The van der Waals surface area contributed by atoms with Gasteiger partial charge in [-0.3, -0.25) is 9.78 Å². The van der Waals surface area contributed by atoms with Gasteiger partial charge in [0.1, 0.15) is 0 Å². The molecule has 5 nitrogen and oxygen atoms in total. The molecule has 0 aromatic carbocycles. The van der Waals surface area contributed by atoms with Gasteiger partial charge < -0.3 is 16.2 Å². The Morgan fingerprint density at radius 3 is 2.57 bits per heavy atom. The minimum atomic E-state index is -0.764. The first-order valence-electron chi connectivity index (χ1n) is 7.48. The predicted molar refractivity (Wildman–Crippen MR) is 82.6 cm³/mol. The topological polar surface area (TPSA) is 88.2 Å². The number of anilines is 1. The molecule has 0 radical (unpaired) electrons. The van der Waals surface area contributed by atoms with Crippen LogP contribution in [0.1, 0.15) is 45.2 Å². The van der Waals surface area contributed by atoms with E-state index in [1.165, 1.54) is 0 Å². The average molecular weight is 291 g/mol. The molecule has 2 rings (SSSR count). The Hall–Kier alpha value is -1.62. The molecule has 1 aromatic heterocycles. The number of nitrogens with one attached hydrogen (secondary N) is 1. The zero-order chi connectivity index (χ0) is 15.5. The summed E-state index contributed by atoms with van der Waals surface area (Å²) < 4.78 is 0. The summed E-state index contributed by atoms with van der Waals surface area (Å²) in [6.07, 6.45) is 5.19. The summed E-state index contributed by atoms with van der Waals surface area (Å²) in [5.74, 6) is -0.120. The second kappa shape index (κ2) is 6.02. The highest BCUT2D eigenvalue weighted by molar-refractivity contribution is 5.78. The third-order valence-electron chi connectivity index (χ3n) is 4.34. The second-order valence-electron chi connectivity index (χ2n) is 6.92. The number of hydrogen-bond donors (Lipinski definition) is 3. The van der Waals surface area contributed by atoms with Crippen LogP contribution in [-0.2, 0) is 11.2 Å². The number of nitrogens with two attached hydrogens (primary N) is 1. The van der Waals surface area contributed by atoms with E-state index in [0.29, 0.717) is 23.3 Å². The van der Waals surface area contributed by atoms with Crippen molar-refractivity contribution in [1.82, 2.24) is 10.3 Å². The van der Waals surface area contributed by atoms with Gasteiger partial charge in [-0.15, -0.1) is 0 Å². The largest absolute Gasteiger partial charge is 0.397 e. The van der Waals surface area contributed by atoms with Crippen LogP contribution in [0.2, 0.25) is 0 Å². The number of carbonyl (C=O) groups is 1. The van der Waals surface area contributed by atoms with Gasteiger partial charge in [-0.2, -0.15) is 0 Å². The lowest BCUT2D eigenvalue weighted by atomic mass is 9.71. The predicted octanol–water partition coefficient (Wildman–Crippen LogP) is 1.65. The van der Waals surface area contributed by atoms with Crippen LogP contribution in [0.5, 0.6) is 0 Å². The van der Waals surface area contributed by atoms with Gasteiger partial charge in [-0.1, -0.05) is 13.8 Å². The zero-order valence-electron chi connectivity index (χ0n) is 12.9. The van der Waals surface area contributed by atoms with Crippen molar-refractivity contribution >= 4 is 11.6 Å². The van der Waals surface area contributed by atoms with E-state index in [2.05, 4.69) is 24.1 Å². The first kappa shape index (κ1) is 15.8. The molecule has 1 aliphatic rings. The van der Waals surface area contributed by atoms with Gasteiger partial charge >= 0.3 is 0 Å². The average Bonchev–Trinajstić information content (AvgIpc) is 2.43. The normalized spacial score (nSPS) is 20.0. The molecule has 0 atom stereocenters. The minimum absolute atomic E-state index is 0.120. The van der Waals surface area contributed by atoms with Gasteiger partial charge in [0.15, 0.2) is 0 Å². The molecular weight excluding hydrogens is 266 g/mol. The molecule has 5 heteroatoms. The first-order valence-corrected chi connectivity index (χ1v) is 7.48. The van der Waals surface area contributed by atoms with Gasteiger partial charge in [0.25, 0.3) is 0 Å². The molecular formula is C16H25N3O2. The highest BCUT2D eigenvalue weighted by Crippen LogP contribution is 2.39. The molecule has 0 bridgehead atoms. The molecule has 116 valence electrons. The summed E-state index contributed by atoms with van der Waals surface area (Å²) >= 11 is 0. The highest BCUT2D eigenvalue weighted by Gasteiger charge is 2.36. The van der Waals surface area contributed by atoms with Crippen molar-refractivity contribution in [3.05, 3.63) is 24.0 Å². The first-order chi connectivity index (χ1) is 9.78. The summed E-state index contributed by atoms with van der Waals surface area (Å²) in [5.41, 5.74) is 6.35. The minimum Gasteiger partial charge on any atom is -0.397 e. The van der Waals surface area contributed by atoms with Crippen LogP contribution < -0.4 is 11.1 Å². The maximum Gasteiger partial charge on any atom is 0.226 e. The molecule has 0 saturated heterocycles. The molecule has 21 heavy (non-hydrogen) atoms. The Morgan fingerprint density at radius 1 is 1.33 bits per heavy atom. The molecule has 1 aromatic rings. The summed E-state index contributed by atoms with van der Waals surface area (Å²) in [6.45, 7) is 4.76. The molecule has 0 unspecified atom stereocenters. The molecule has 1 aliphatic carbocycles. The van der Waals surface area contributed by atoms with Crippen LogP contribution in [0.15, 0.2) is 18.3 Å². The Balaban J connectivity index is 1.80. The number of nitrogen functional groups attached to an aromatic ring is 1. The number of amides is 1. The molecule has 0 spiro atoms. The van der Waals surface area contributed by atoms with Crippen molar-refractivity contribution in [2.24, 2.45) is 5.41 Å².